The Labute approximate surface area is 159 Å². The summed E-state index contributed by atoms with van der Waals surface area (Å²) in [5.41, 5.74) is 7.89. The molecule has 0 radical (unpaired) electrons. The summed E-state index contributed by atoms with van der Waals surface area (Å²) in [5, 5.41) is 11.8. The second kappa shape index (κ2) is 8.30. The van der Waals surface area contributed by atoms with Crippen LogP contribution in [0.5, 0.6) is 0 Å². The lowest BCUT2D eigenvalue weighted by molar-refractivity contribution is -0.125. The van der Waals surface area contributed by atoms with E-state index < -0.39 is 11.9 Å². The molecule has 2 rings (SSSR count). The van der Waals surface area contributed by atoms with E-state index in [0.29, 0.717) is 5.82 Å². The minimum Gasteiger partial charge on any atom is -0.346 e. The van der Waals surface area contributed by atoms with Gasteiger partial charge < -0.3 is 11.1 Å². The summed E-state index contributed by atoms with van der Waals surface area (Å²) in [6.45, 7) is 9.94. The van der Waals surface area contributed by atoms with Crippen LogP contribution in [-0.2, 0) is 15.0 Å². The highest BCUT2D eigenvalue weighted by molar-refractivity contribution is 5.94. The van der Waals surface area contributed by atoms with Gasteiger partial charge in [0.05, 0.1) is 12.6 Å². The maximum Gasteiger partial charge on any atom is 0.249 e. The fourth-order valence-electron chi connectivity index (χ4n) is 2.33. The van der Waals surface area contributed by atoms with Crippen molar-refractivity contribution in [3.05, 3.63) is 29.8 Å². The Morgan fingerprint density at radius 1 is 1.19 bits per heavy atom. The number of amides is 2. The van der Waals surface area contributed by atoms with Crippen LogP contribution in [0.25, 0.3) is 11.4 Å². The number of nitrogens with two attached hydrogens (primary N) is 1. The van der Waals surface area contributed by atoms with Gasteiger partial charge in [-0.2, -0.15) is 4.98 Å². The highest BCUT2D eigenvalue weighted by atomic mass is 16.2. The minimum absolute atomic E-state index is 0.00621. The molecule has 0 saturated carbocycles. The van der Waals surface area contributed by atoms with Crippen molar-refractivity contribution < 1.29 is 9.59 Å². The number of aromatic nitrogens is 3. The average molecular weight is 372 g/mol. The second-order valence-electron chi connectivity index (χ2n) is 7.87. The largest absolute Gasteiger partial charge is 0.346 e. The van der Waals surface area contributed by atoms with E-state index >= 15 is 0 Å². The number of anilines is 1. The topological polar surface area (TPSA) is 126 Å². The Morgan fingerprint density at radius 3 is 2.37 bits per heavy atom. The first-order valence-corrected chi connectivity index (χ1v) is 8.94. The number of carbonyl (C=O) groups excluding carboxylic acids is 2. The number of hydrogen-bond donors (Lipinski definition) is 4. The van der Waals surface area contributed by atoms with Crippen molar-refractivity contribution in [3.8, 4) is 11.4 Å². The van der Waals surface area contributed by atoms with Gasteiger partial charge in [0.1, 0.15) is 0 Å². The van der Waals surface area contributed by atoms with Crippen LogP contribution in [0, 0.1) is 5.92 Å². The number of nitrogens with one attached hydrogen (secondary N) is 3. The van der Waals surface area contributed by atoms with Crippen molar-refractivity contribution in [1.82, 2.24) is 20.5 Å². The lowest BCUT2D eigenvalue weighted by Crippen LogP contribution is -2.46. The van der Waals surface area contributed by atoms with Gasteiger partial charge in [-0.1, -0.05) is 58.9 Å². The van der Waals surface area contributed by atoms with Gasteiger partial charge in [-0.05, 0) is 16.9 Å². The maximum absolute atomic E-state index is 11.9. The minimum atomic E-state index is -0.649. The van der Waals surface area contributed by atoms with E-state index in [4.69, 9.17) is 5.73 Å². The monoisotopic (exact) mass is 372 g/mol. The van der Waals surface area contributed by atoms with Crippen LogP contribution in [0.15, 0.2) is 24.3 Å². The van der Waals surface area contributed by atoms with Crippen LogP contribution in [0.2, 0.25) is 0 Å². The lowest BCUT2D eigenvalue weighted by atomic mass is 9.87. The molecule has 0 aliphatic heterocycles. The lowest BCUT2D eigenvalue weighted by Gasteiger charge is -2.18. The molecule has 0 bridgehead atoms. The Morgan fingerprint density at radius 2 is 1.81 bits per heavy atom. The summed E-state index contributed by atoms with van der Waals surface area (Å²) >= 11 is 0. The molecule has 1 aromatic carbocycles. The van der Waals surface area contributed by atoms with Gasteiger partial charge in [0.2, 0.25) is 17.8 Å². The molecule has 0 spiro atoms. The molecule has 146 valence electrons. The van der Waals surface area contributed by atoms with Crippen molar-refractivity contribution in [3.63, 3.8) is 0 Å². The Kier molecular flexibility index (Phi) is 6.32. The molecule has 5 N–H and O–H groups in total. The van der Waals surface area contributed by atoms with Crippen LogP contribution >= 0.6 is 0 Å². The van der Waals surface area contributed by atoms with Crippen molar-refractivity contribution in [1.29, 1.82) is 0 Å². The Balaban J connectivity index is 1.94. The van der Waals surface area contributed by atoms with Crippen LogP contribution < -0.4 is 16.4 Å². The van der Waals surface area contributed by atoms with E-state index in [1.54, 1.807) is 0 Å². The third kappa shape index (κ3) is 5.62. The fourth-order valence-corrected chi connectivity index (χ4v) is 2.33. The molecule has 0 aliphatic carbocycles. The van der Waals surface area contributed by atoms with Crippen LogP contribution in [-0.4, -0.2) is 39.6 Å². The van der Waals surface area contributed by atoms with E-state index in [1.807, 2.05) is 38.1 Å². The molecule has 0 aliphatic rings. The van der Waals surface area contributed by atoms with Crippen molar-refractivity contribution in [2.45, 2.75) is 46.1 Å². The molecule has 8 heteroatoms. The number of aromatic amines is 1. The molecule has 8 nitrogen and oxygen atoms in total. The number of hydrogen-bond acceptors (Lipinski definition) is 5. The summed E-state index contributed by atoms with van der Waals surface area (Å²) in [5.74, 6) is -0.0927. The average Bonchev–Trinajstić information content (AvgIpc) is 3.06. The van der Waals surface area contributed by atoms with Gasteiger partial charge in [0.25, 0.3) is 0 Å². The zero-order valence-corrected chi connectivity index (χ0v) is 16.5. The number of rotatable bonds is 6. The molecule has 2 aromatic rings. The van der Waals surface area contributed by atoms with Gasteiger partial charge >= 0.3 is 0 Å². The fraction of sp³-hybridized carbons (Fsp3) is 0.474. The molecule has 1 heterocycles. The summed E-state index contributed by atoms with van der Waals surface area (Å²) < 4.78 is 0. The smallest absolute Gasteiger partial charge is 0.249 e. The van der Waals surface area contributed by atoms with Gasteiger partial charge in [-0.3, -0.25) is 20.0 Å². The van der Waals surface area contributed by atoms with Crippen molar-refractivity contribution in [2.75, 3.05) is 11.9 Å². The number of nitrogens with zero attached hydrogens (tertiary/aromatic N) is 2. The summed E-state index contributed by atoms with van der Waals surface area (Å²) in [6, 6.07) is 7.36. The quantitative estimate of drug-likeness (QED) is 0.615. The predicted octanol–water partition coefficient (Wildman–Crippen LogP) is 1.81. The second-order valence-corrected chi connectivity index (χ2v) is 7.87. The first-order chi connectivity index (χ1) is 12.6. The zero-order chi connectivity index (χ0) is 20.2. The highest BCUT2D eigenvalue weighted by Crippen LogP contribution is 2.24. The molecule has 27 heavy (non-hydrogen) atoms. The van der Waals surface area contributed by atoms with E-state index in [9.17, 15) is 9.59 Å². The SMILES string of the molecule is CC(C)[C@H](N)C(=O)NCC(=O)Nc1n[nH]c(-c2ccc(C(C)(C)C)cc2)n1. The number of carbonyl (C=O) groups is 2. The molecule has 1 aromatic heterocycles. The maximum atomic E-state index is 11.9. The standard InChI is InChI=1S/C19H28N6O2/c1-11(2)15(20)17(27)21-10-14(26)22-18-23-16(24-25-18)12-6-8-13(9-7-12)19(3,4)5/h6-9,11,15H,10,20H2,1-5H3,(H,21,27)(H2,22,23,24,25,26)/t15-/m0/s1. The van der Waals surface area contributed by atoms with Gasteiger partial charge in [-0.25, -0.2) is 0 Å². The van der Waals surface area contributed by atoms with E-state index in [0.717, 1.165) is 5.56 Å². The molecule has 2 amide bonds. The van der Waals surface area contributed by atoms with Crippen molar-refractivity contribution in [2.24, 2.45) is 11.7 Å². The summed E-state index contributed by atoms with van der Waals surface area (Å²) in [7, 11) is 0. The van der Waals surface area contributed by atoms with Gasteiger partial charge in [0, 0.05) is 5.56 Å². The van der Waals surface area contributed by atoms with Crippen LogP contribution in [0.4, 0.5) is 5.95 Å². The molecule has 0 fully saturated rings. The molecule has 0 unspecified atom stereocenters. The third-order valence-electron chi connectivity index (χ3n) is 4.21. The number of H-pyrrole nitrogens is 1. The molecular weight excluding hydrogens is 344 g/mol. The number of benzene rings is 1. The third-order valence-corrected chi connectivity index (χ3v) is 4.21. The molecule has 1 atom stereocenters. The summed E-state index contributed by atoms with van der Waals surface area (Å²) in [6.07, 6.45) is 0. The summed E-state index contributed by atoms with van der Waals surface area (Å²) in [4.78, 5) is 28.0. The first kappa shape index (κ1) is 20.6. The molecule has 0 saturated heterocycles. The van der Waals surface area contributed by atoms with Gasteiger partial charge in [-0.15, -0.1) is 5.10 Å². The normalized spacial score (nSPS) is 12.7. The Hall–Kier alpha value is -2.74. The van der Waals surface area contributed by atoms with E-state index in [-0.39, 0.29) is 29.7 Å². The van der Waals surface area contributed by atoms with Gasteiger partial charge in [0.15, 0.2) is 5.82 Å². The zero-order valence-electron chi connectivity index (χ0n) is 16.5. The first-order valence-electron chi connectivity index (χ1n) is 8.94. The van der Waals surface area contributed by atoms with E-state index in [2.05, 4.69) is 46.6 Å². The predicted molar refractivity (Wildman–Crippen MR) is 105 cm³/mol. The Bertz CT molecular complexity index is 789. The van der Waals surface area contributed by atoms with Crippen LogP contribution in [0.1, 0.15) is 40.2 Å². The van der Waals surface area contributed by atoms with Crippen molar-refractivity contribution >= 4 is 17.8 Å². The van der Waals surface area contributed by atoms with Crippen LogP contribution in [0.3, 0.4) is 0 Å². The van der Waals surface area contributed by atoms with E-state index in [1.165, 1.54) is 5.56 Å². The molecular formula is C19H28N6O2. The highest BCUT2D eigenvalue weighted by Gasteiger charge is 2.18.